The number of esters is 1. The van der Waals surface area contributed by atoms with Gasteiger partial charge in [-0.1, -0.05) is 12.1 Å². The molecule has 0 spiro atoms. The van der Waals surface area contributed by atoms with Crippen molar-refractivity contribution >= 4 is 18.1 Å². The van der Waals surface area contributed by atoms with Crippen molar-refractivity contribution in [3.8, 4) is 5.75 Å². The molecule has 168 valence electrons. The van der Waals surface area contributed by atoms with Crippen molar-refractivity contribution < 1.29 is 60.0 Å². The minimum atomic E-state index is -6.32. The third-order valence-corrected chi connectivity index (χ3v) is 3.27. The van der Waals surface area contributed by atoms with Crippen LogP contribution < -0.4 is 4.74 Å². The van der Waals surface area contributed by atoms with E-state index >= 15 is 0 Å². The summed E-state index contributed by atoms with van der Waals surface area (Å²) in [5.41, 5.74) is -7.39. The molecule has 0 saturated carbocycles. The van der Waals surface area contributed by atoms with Crippen LogP contribution in [0.5, 0.6) is 5.75 Å². The average molecular weight is 446 g/mol. The van der Waals surface area contributed by atoms with E-state index in [1.54, 1.807) is 0 Å². The molecule has 13 heteroatoms. The SMILES string of the molecule is CC(C)(C)OC(=O)Oc1ccccc1C(=O)OC(CC(=O)O)(C(F)(F)F)C(F)(F)F. The molecule has 1 aromatic carbocycles. The quantitative estimate of drug-likeness (QED) is 0.404. The Kier molecular flexibility index (Phi) is 7.01. The maximum Gasteiger partial charge on any atom is 0.514 e. The van der Waals surface area contributed by atoms with Crippen molar-refractivity contribution in [3.05, 3.63) is 29.8 Å². The van der Waals surface area contributed by atoms with Crippen LogP contribution in [0.3, 0.4) is 0 Å². The van der Waals surface area contributed by atoms with Gasteiger partial charge in [0.15, 0.2) is 0 Å². The number of benzene rings is 1. The lowest BCUT2D eigenvalue weighted by atomic mass is 9.97. The van der Waals surface area contributed by atoms with Crippen LogP contribution in [0.2, 0.25) is 0 Å². The van der Waals surface area contributed by atoms with E-state index in [9.17, 15) is 40.7 Å². The average Bonchev–Trinajstić information content (AvgIpc) is 2.50. The van der Waals surface area contributed by atoms with E-state index in [4.69, 9.17) is 9.84 Å². The zero-order chi connectivity index (χ0) is 23.5. The highest BCUT2D eigenvalue weighted by molar-refractivity contribution is 5.93. The standard InChI is InChI=1S/C17H16F6O7/c1-14(2,3)30-13(27)28-10-7-5-4-6-9(10)12(26)29-15(8-11(24)25,16(18,19)20)17(21,22)23/h4-7H,8H2,1-3H3,(H,24,25). The van der Waals surface area contributed by atoms with Crippen LogP contribution in [0.4, 0.5) is 31.1 Å². The molecule has 0 bridgehead atoms. The number of carboxylic acid groups (broad SMARTS) is 1. The molecule has 0 radical (unpaired) electrons. The highest BCUT2D eigenvalue weighted by atomic mass is 19.4. The van der Waals surface area contributed by atoms with Crippen LogP contribution in [0.25, 0.3) is 0 Å². The van der Waals surface area contributed by atoms with Gasteiger partial charge in [0.1, 0.15) is 23.3 Å². The zero-order valence-electron chi connectivity index (χ0n) is 15.7. The number of para-hydroxylation sites is 1. The van der Waals surface area contributed by atoms with Crippen LogP contribution >= 0.6 is 0 Å². The van der Waals surface area contributed by atoms with Crippen molar-refractivity contribution in [2.75, 3.05) is 0 Å². The summed E-state index contributed by atoms with van der Waals surface area (Å²) >= 11 is 0. The monoisotopic (exact) mass is 446 g/mol. The molecule has 0 unspecified atom stereocenters. The van der Waals surface area contributed by atoms with Crippen molar-refractivity contribution in [3.63, 3.8) is 0 Å². The number of hydrogen-bond acceptors (Lipinski definition) is 6. The summed E-state index contributed by atoms with van der Waals surface area (Å²) < 4.78 is 92.6. The van der Waals surface area contributed by atoms with E-state index in [1.165, 1.54) is 20.8 Å². The minimum absolute atomic E-state index is 0.723. The van der Waals surface area contributed by atoms with Crippen LogP contribution in [0, 0.1) is 0 Å². The van der Waals surface area contributed by atoms with E-state index in [2.05, 4.69) is 9.47 Å². The van der Waals surface area contributed by atoms with Crippen LogP contribution in [0.15, 0.2) is 24.3 Å². The number of alkyl halides is 6. The number of rotatable bonds is 5. The maximum atomic E-state index is 13.2. The molecule has 0 saturated heterocycles. The lowest BCUT2D eigenvalue weighted by Crippen LogP contribution is -2.60. The lowest BCUT2D eigenvalue weighted by Gasteiger charge is -2.35. The second-order valence-electron chi connectivity index (χ2n) is 6.85. The third-order valence-electron chi connectivity index (χ3n) is 3.27. The van der Waals surface area contributed by atoms with Gasteiger partial charge in [0.05, 0.1) is 0 Å². The molecular weight excluding hydrogens is 430 g/mol. The molecular formula is C17H16F6O7. The van der Waals surface area contributed by atoms with Gasteiger partial charge in [-0.2, -0.15) is 26.3 Å². The molecule has 0 aliphatic rings. The Morgan fingerprint density at radius 3 is 1.83 bits per heavy atom. The Balaban J connectivity index is 3.35. The molecule has 1 rings (SSSR count). The van der Waals surface area contributed by atoms with Gasteiger partial charge in [0.25, 0.3) is 0 Å². The Bertz CT molecular complexity index is 794. The van der Waals surface area contributed by atoms with Gasteiger partial charge in [-0.05, 0) is 32.9 Å². The molecule has 1 aromatic rings. The predicted molar refractivity (Wildman–Crippen MR) is 85.8 cm³/mol. The molecule has 0 aliphatic heterocycles. The number of halogens is 6. The van der Waals surface area contributed by atoms with Gasteiger partial charge in [0, 0.05) is 0 Å². The molecule has 30 heavy (non-hydrogen) atoms. The Hall–Kier alpha value is -2.99. The first-order chi connectivity index (χ1) is 13.4. The molecule has 1 N–H and O–H groups in total. The summed E-state index contributed by atoms with van der Waals surface area (Å²) in [4.78, 5) is 34.6. The second kappa shape index (κ2) is 8.40. The predicted octanol–water partition coefficient (Wildman–Crippen LogP) is 4.50. The number of carbonyl (C=O) groups is 3. The van der Waals surface area contributed by atoms with E-state index in [0.717, 1.165) is 24.3 Å². The minimum Gasteiger partial charge on any atom is -0.481 e. The largest absolute Gasteiger partial charge is 0.514 e. The molecule has 0 atom stereocenters. The van der Waals surface area contributed by atoms with Gasteiger partial charge in [-0.15, -0.1) is 0 Å². The second-order valence-corrected chi connectivity index (χ2v) is 6.85. The Labute approximate surface area is 165 Å². The third kappa shape index (κ3) is 6.00. The summed E-state index contributed by atoms with van der Waals surface area (Å²) in [7, 11) is 0. The Morgan fingerprint density at radius 1 is 0.900 bits per heavy atom. The van der Waals surface area contributed by atoms with Gasteiger partial charge in [-0.3, -0.25) is 4.79 Å². The van der Waals surface area contributed by atoms with Crippen LogP contribution in [-0.4, -0.2) is 46.8 Å². The lowest BCUT2D eigenvalue weighted by molar-refractivity contribution is -0.365. The fourth-order valence-electron chi connectivity index (χ4n) is 2.02. The maximum absolute atomic E-state index is 13.2. The smallest absolute Gasteiger partial charge is 0.481 e. The molecule has 0 heterocycles. The molecule has 0 amide bonds. The van der Waals surface area contributed by atoms with Gasteiger partial charge < -0.3 is 19.3 Å². The first kappa shape index (κ1) is 25.0. The number of hydrogen-bond donors (Lipinski definition) is 1. The van der Waals surface area contributed by atoms with Crippen LogP contribution in [-0.2, 0) is 14.3 Å². The molecule has 0 aromatic heterocycles. The fourth-order valence-corrected chi connectivity index (χ4v) is 2.02. The Morgan fingerprint density at radius 2 is 1.40 bits per heavy atom. The summed E-state index contributed by atoms with van der Waals surface area (Å²) in [5, 5.41) is 8.56. The topological polar surface area (TPSA) is 99.1 Å². The number of carboxylic acids is 1. The normalized spacial score (nSPS) is 12.8. The highest BCUT2D eigenvalue weighted by Crippen LogP contribution is 2.48. The van der Waals surface area contributed by atoms with Gasteiger partial charge >= 0.3 is 36.0 Å². The van der Waals surface area contributed by atoms with Gasteiger partial charge in [0.2, 0.25) is 0 Å². The molecule has 7 nitrogen and oxygen atoms in total. The van der Waals surface area contributed by atoms with E-state index in [-0.39, 0.29) is 0 Å². The highest BCUT2D eigenvalue weighted by Gasteiger charge is 2.75. The summed E-state index contributed by atoms with van der Waals surface area (Å²) in [6.45, 7) is 4.34. The summed E-state index contributed by atoms with van der Waals surface area (Å²) in [5.74, 6) is -5.49. The van der Waals surface area contributed by atoms with Crippen molar-refractivity contribution in [2.24, 2.45) is 0 Å². The van der Waals surface area contributed by atoms with Crippen molar-refractivity contribution in [1.29, 1.82) is 0 Å². The first-order valence-electron chi connectivity index (χ1n) is 7.98. The number of ether oxygens (including phenoxy) is 3. The van der Waals surface area contributed by atoms with E-state index < -0.39 is 59.4 Å². The fraction of sp³-hybridized carbons (Fsp3) is 0.471. The summed E-state index contributed by atoms with van der Waals surface area (Å²) in [6.07, 6.45) is -16.7. The zero-order valence-corrected chi connectivity index (χ0v) is 15.7. The van der Waals surface area contributed by atoms with Crippen molar-refractivity contribution in [2.45, 2.75) is 50.7 Å². The first-order valence-corrected chi connectivity index (χ1v) is 7.98. The molecule has 0 fully saturated rings. The van der Waals surface area contributed by atoms with Gasteiger partial charge in [-0.25, -0.2) is 9.59 Å². The van der Waals surface area contributed by atoms with Crippen LogP contribution in [0.1, 0.15) is 37.6 Å². The molecule has 0 aliphatic carbocycles. The summed E-state index contributed by atoms with van der Waals surface area (Å²) in [6, 6.07) is 3.81. The number of aliphatic carboxylic acids is 1. The van der Waals surface area contributed by atoms with E-state index in [0.29, 0.717) is 0 Å². The number of carbonyl (C=O) groups excluding carboxylic acids is 2. The van der Waals surface area contributed by atoms with Crippen molar-refractivity contribution in [1.82, 2.24) is 0 Å². The van der Waals surface area contributed by atoms with E-state index in [1.807, 2.05) is 0 Å².